The molecule has 0 aliphatic carbocycles. The lowest BCUT2D eigenvalue weighted by Crippen LogP contribution is -2.41. The van der Waals surface area contributed by atoms with Gasteiger partial charge in [0.1, 0.15) is 11.6 Å². The van der Waals surface area contributed by atoms with E-state index < -0.39 is 17.7 Å². The van der Waals surface area contributed by atoms with Gasteiger partial charge in [-0.2, -0.15) is 5.10 Å². The molecule has 0 radical (unpaired) electrons. The molecule has 2 N–H and O–H groups in total. The third kappa shape index (κ3) is 4.11. The van der Waals surface area contributed by atoms with Gasteiger partial charge < -0.3 is 15.2 Å². The number of anilines is 1. The van der Waals surface area contributed by atoms with Crippen molar-refractivity contribution in [2.45, 2.75) is 44.7 Å². The van der Waals surface area contributed by atoms with Crippen LogP contribution in [0, 0.1) is 11.6 Å². The van der Waals surface area contributed by atoms with Crippen LogP contribution in [0.1, 0.15) is 37.8 Å². The van der Waals surface area contributed by atoms with Gasteiger partial charge >= 0.3 is 6.09 Å². The average molecular weight is 469 g/mol. The van der Waals surface area contributed by atoms with Crippen LogP contribution in [0.5, 0.6) is 11.5 Å². The first-order valence-electron chi connectivity index (χ1n) is 11.5. The van der Waals surface area contributed by atoms with Crippen LogP contribution < -0.4 is 15.0 Å². The molecule has 1 fully saturated rings. The fourth-order valence-corrected chi connectivity index (χ4v) is 4.86. The standard InChI is InChI=1S/C25H26F2N4O3/c1-15-2-4-20-22(31(15)25(32)33)6-5-19(24(20)34-23-7-3-17(26)12-21(23)27)16-13-29-30(14-16)18-8-10-28-11-9-18/h3,5-7,12-15,18,28H,2,4,8-11H2,1H3,(H,32,33)/t15-/m0/s1. The van der Waals surface area contributed by atoms with E-state index in [1.165, 1.54) is 11.0 Å². The maximum absolute atomic E-state index is 14.5. The Kier molecular flexibility index (Phi) is 5.95. The molecule has 5 rings (SSSR count). The van der Waals surface area contributed by atoms with Gasteiger partial charge in [0, 0.05) is 35.0 Å². The Hall–Kier alpha value is -3.46. The maximum Gasteiger partial charge on any atom is 0.412 e. The van der Waals surface area contributed by atoms with E-state index in [0.717, 1.165) is 43.6 Å². The summed E-state index contributed by atoms with van der Waals surface area (Å²) >= 11 is 0. The van der Waals surface area contributed by atoms with Gasteiger partial charge in [0.05, 0.1) is 17.9 Å². The van der Waals surface area contributed by atoms with E-state index in [9.17, 15) is 18.7 Å². The van der Waals surface area contributed by atoms with Crippen molar-refractivity contribution in [3.8, 4) is 22.6 Å². The van der Waals surface area contributed by atoms with Crippen LogP contribution in [0.3, 0.4) is 0 Å². The van der Waals surface area contributed by atoms with Gasteiger partial charge in [-0.1, -0.05) is 0 Å². The van der Waals surface area contributed by atoms with E-state index in [0.29, 0.717) is 35.4 Å². The summed E-state index contributed by atoms with van der Waals surface area (Å²) in [5, 5.41) is 17.7. The molecule has 1 aromatic heterocycles. The predicted octanol–water partition coefficient (Wildman–Crippen LogP) is 5.36. The topological polar surface area (TPSA) is 79.6 Å². The molecule has 2 aliphatic rings. The summed E-state index contributed by atoms with van der Waals surface area (Å²) in [6.45, 7) is 3.72. The number of hydrogen-bond acceptors (Lipinski definition) is 4. The first kappa shape index (κ1) is 22.3. The van der Waals surface area contributed by atoms with E-state index in [4.69, 9.17) is 4.74 Å². The number of nitrogens with one attached hydrogen (secondary N) is 1. The molecule has 0 saturated carbocycles. The van der Waals surface area contributed by atoms with Crippen LogP contribution in [0.4, 0.5) is 19.3 Å². The summed E-state index contributed by atoms with van der Waals surface area (Å²) in [6.07, 6.45) is 5.75. The third-order valence-corrected chi connectivity index (χ3v) is 6.66. The SMILES string of the molecule is C[C@H]1CCc2c(ccc(-c3cnn(C4CCNCC4)c3)c2Oc2ccc(F)cc2F)N1C(=O)O. The first-order valence-corrected chi connectivity index (χ1v) is 11.5. The second-order valence-electron chi connectivity index (χ2n) is 8.85. The molecule has 9 heteroatoms. The Balaban J connectivity index is 1.61. The number of fused-ring (bicyclic) bond motifs is 1. The zero-order chi connectivity index (χ0) is 23.8. The molecule has 2 aliphatic heterocycles. The zero-order valence-corrected chi connectivity index (χ0v) is 18.8. The number of carboxylic acid groups (broad SMARTS) is 1. The summed E-state index contributed by atoms with van der Waals surface area (Å²) in [5.41, 5.74) is 2.66. The van der Waals surface area contributed by atoms with Crippen LogP contribution in [-0.2, 0) is 6.42 Å². The quantitative estimate of drug-likeness (QED) is 0.539. The molecule has 3 heterocycles. The van der Waals surface area contributed by atoms with Crippen molar-refractivity contribution >= 4 is 11.8 Å². The van der Waals surface area contributed by atoms with Crippen LogP contribution in [-0.4, -0.2) is 40.1 Å². The molecular weight excluding hydrogens is 442 g/mol. The highest BCUT2D eigenvalue weighted by molar-refractivity contribution is 5.91. The molecule has 0 bridgehead atoms. The largest absolute Gasteiger partial charge is 0.465 e. The fraction of sp³-hybridized carbons (Fsp3) is 0.360. The second kappa shape index (κ2) is 9.06. The smallest absolute Gasteiger partial charge is 0.412 e. The lowest BCUT2D eigenvalue weighted by atomic mass is 9.92. The number of amides is 1. The monoisotopic (exact) mass is 468 g/mol. The number of ether oxygens (including phenoxy) is 1. The maximum atomic E-state index is 14.5. The highest BCUT2D eigenvalue weighted by atomic mass is 19.1. The minimum atomic E-state index is -1.06. The van der Waals surface area contributed by atoms with Gasteiger partial charge in [0.25, 0.3) is 0 Å². The summed E-state index contributed by atoms with van der Waals surface area (Å²) in [5.74, 6) is -1.28. The number of halogens is 2. The molecule has 34 heavy (non-hydrogen) atoms. The second-order valence-corrected chi connectivity index (χ2v) is 8.85. The van der Waals surface area contributed by atoms with Crippen molar-refractivity contribution in [3.63, 3.8) is 0 Å². The van der Waals surface area contributed by atoms with Crippen LogP contribution in [0.15, 0.2) is 42.7 Å². The lowest BCUT2D eigenvalue weighted by Gasteiger charge is -2.34. The number of benzene rings is 2. The van der Waals surface area contributed by atoms with Crippen molar-refractivity contribution in [3.05, 3.63) is 59.9 Å². The molecule has 1 amide bonds. The lowest BCUT2D eigenvalue weighted by molar-refractivity contribution is 0.198. The van der Waals surface area contributed by atoms with Gasteiger partial charge in [-0.3, -0.25) is 9.58 Å². The first-order chi connectivity index (χ1) is 16.4. The van der Waals surface area contributed by atoms with Crippen LogP contribution in [0.2, 0.25) is 0 Å². The number of hydrogen-bond donors (Lipinski definition) is 2. The Morgan fingerprint density at radius 3 is 2.71 bits per heavy atom. The molecular formula is C25H26F2N4O3. The zero-order valence-electron chi connectivity index (χ0n) is 18.8. The van der Waals surface area contributed by atoms with E-state index in [-0.39, 0.29) is 17.8 Å². The van der Waals surface area contributed by atoms with Gasteiger partial charge in [-0.15, -0.1) is 0 Å². The highest BCUT2D eigenvalue weighted by Gasteiger charge is 2.32. The van der Waals surface area contributed by atoms with Gasteiger partial charge in [0.2, 0.25) is 0 Å². The Bertz CT molecular complexity index is 1220. The summed E-state index contributed by atoms with van der Waals surface area (Å²) in [6, 6.07) is 6.78. The Morgan fingerprint density at radius 1 is 1.18 bits per heavy atom. The number of piperidine rings is 1. The fourth-order valence-electron chi connectivity index (χ4n) is 4.86. The predicted molar refractivity (Wildman–Crippen MR) is 124 cm³/mol. The van der Waals surface area contributed by atoms with Crippen molar-refractivity contribution in [2.75, 3.05) is 18.0 Å². The van der Waals surface area contributed by atoms with E-state index in [1.54, 1.807) is 18.3 Å². The summed E-state index contributed by atoms with van der Waals surface area (Å²) in [4.78, 5) is 13.3. The van der Waals surface area contributed by atoms with Gasteiger partial charge in [0.15, 0.2) is 11.6 Å². The minimum Gasteiger partial charge on any atom is -0.465 e. The molecule has 0 spiro atoms. The highest BCUT2D eigenvalue weighted by Crippen LogP contribution is 2.45. The van der Waals surface area contributed by atoms with Gasteiger partial charge in [-0.05, 0) is 70.0 Å². The summed E-state index contributed by atoms with van der Waals surface area (Å²) in [7, 11) is 0. The third-order valence-electron chi connectivity index (χ3n) is 6.66. The molecule has 3 aromatic rings. The van der Waals surface area contributed by atoms with Crippen LogP contribution >= 0.6 is 0 Å². The minimum absolute atomic E-state index is 0.123. The molecule has 1 atom stereocenters. The number of aromatic nitrogens is 2. The van der Waals surface area contributed by atoms with Crippen molar-refractivity contribution in [2.24, 2.45) is 0 Å². The number of rotatable bonds is 4. The molecule has 0 unspecified atom stereocenters. The van der Waals surface area contributed by atoms with Crippen molar-refractivity contribution in [1.29, 1.82) is 0 Å². The molecule has 7 nitrogen and oxygen atoms in total. The van der Waals surface area contributed by atoms with E-state index >= 15 is 0 Å². The normalized spacial score (nSPS) is 18.6. The average Bonchev–Trinajstić information content (AvgIpc) is 3.31. The number of nitrogens with zero attached hydrogens (tertiary/aromatic N) is 3. The molecule has 1 saturated heterocycles. The van der Waals surface area contributed by atoms with Crippen molar-refractivity contribution < 1.29 is 23.4 Å². The Morgan fingerprint density at radius 2 is 1.97 bits per heavy atom. The van der Waals surface area contributed by atoms with E-state index in [2.05, 4.69) is 10.4 Å². The van der Waals surface area contributed by atoms with Crippen molar-refractivity contribution in [1.82, 2.24) is 15.1 Å². The van der Waals surface area contributed by atoms with Gasteiger partial charge in [-0.25, -0.2) is 13.6 Å². The Labute approximate surface area is 196 Å². The van der Waals surface area contributed by atoms with E-state index in [1.807, 2.05) is 17.8 Å². The summed E-state index contributed by atoms with van der Waals surface area (Å²) < 4.78 is 36.0. The number of carbonyl (C=O) groups is 1. The molecule has 178 valence electrons. The van der Waals surface area contributed by atoms with Crippen LogP contribution in [0.25, 0.3) is 11.1 Å². The molecule has 2 aromatic carbocycles.